The van der Waals surface area contributed by atoms with Gasteiger partial charge in [0.2, 0.25) is 0 Å². The summed E-state index contributed by atoms with van der Waals surface area (Å²) in [4.78, 5) is 22.2. The molecule has 1 rings (SSSR count). The van der Waals surface area contributed by atoms with E-state index in [0.717, 1.165) is 6.92 Å². The van der Waals surface area contributed by atoms with E-state index in [1.165, 1.54) is 0 Å². The van der Waals surface area contributed by atoms with Crippen LogP contribution in [0.4, 0.5) is 48.3 Å². The highest BCUT2D eigenvalue weighted by Crippen LogP contribution is 2.69. The number of esters is 2. The molecule has 1 aliphatic carbocycles. The molecule has 162 valence electrons. The van der Waals surface area contributed by atoms with Crippen molar-refractivity contribution < 1.29 is 67.4 Å². The predicted molar refractivity (Wildman–Crippen MR) is 65.3 cm³/mol. The molecule has 0 atom stereocenters. The molecule has 0 bridgehead atoms. The Morgan fingerprint density at radius 2 is 1.00 bits per heavy atom. The highest BCUT2D eigenvalue weighted by atomic mass is 19.4. The number of rotatable bonds is 5. The fraction of sp³-hybridized carbons (Fsp3) is 0.692. The molecule has 4 nitrogen and oxygen atoms in total. The van der Waals surface area contributed by atoms with Gasteiger partial charge in [-0.2, -0.15) is 43.9 Å². The average Bonchev–Trinajstić information content (AvgIpc) is 2.55. The van der Waals surface area contributed by atoms with Gasteiger partial charge in [0.1, 0.15) is 13.2 Å². The van der Waals surface area contributed by atoms with Gasteiger partial charge < -0.3 is 9.47 Å². The van der Waals surface area contributed by atoms with E-state index in [2.05, 4.69) is 16.1 Å². The monoisotopic (exact) mass is 438 g/mol. The second-order valence-corrected chi connectivity index (χ2v) is 5.58. The van der Waals surface area contributed by atoms with Crippen LogP contribution in [0.5, 0.6) is 0 Å². The Hall–Kier alpha value is -2.09. The van der Waals surface area contributed by atoms with Crippen LogP contribution >= 0.6 is 0 Å². The predicted octanol–water partition coefficient (Wildman–Crippen LogP) is 3.55. The fourth-order valence-electron chi connectivity index (χ4n) is 1.97. The number of ether oxygens (including phenoxy) is 2. The summed E-state index contributed by atoms with van der Waals surface area (Å²) in [7, 11) is 0. The minimum Gasteiger partial charge on any atom is -0.459 e. The van der Waals surface area contributed by atoms with Crippen molar-refractivity contribution in [2.24, 2.45) is 0 Å². The van der Waals surface area contributed by atoms with E-state index >= 15 is 0 Å². The molecule has 0 N–H and O–H groups in total. The van der Waals surface area contributed by atoms with Crippen LogP contribution in [0.15, 0.2) is 12.2 Å². The van der Waals surface area contributed by atoms with Gasteiger partial charge in [-0.1, -0.05) is 6.58 Å². The number of alkyl halides is 11. The van der Waals surface area contributed by atoms with Gasteiger partial charge in [0.25, 0.3) is 0 Å². The fourth-order valence-corrected chi connectivity index (χ4v) is 1.97. The van der Waals surface area contributed by atoms with Crippen molar-refractivity contribution in [1.82, 2.24) is 0 Å². The van der Waals surface area contributed by atoms with Crippen LogP contribution in [-0.2, 0) is 19.1 Å². The van der Waals surface area contributed by atoms with Gasteiger partial charge in [0.15, 0.2) is 0 Å². The molecule has 0 unspecified atom stereocenters. The molecule has 15 heteroatoms. The first-order valence-corrected chi connectivity index (χ1v) is 6.83. The largest absolute Gasteiger partial charge is 0.459 e. The van der Waals surface area contributed by atoms with E-state index in [1.807, 2.05) is 0 Å². The molecule has 1 fully saturated rings. The molecular formula is C13H9F11O4. The lowest BCUT2D eigenvalue weighted by Gasteiger charge is -2.50. The van der Waals surface area contributed by atoms with Crippen LogP contribution in [0.2, 0.25) is 0 Å². The zero-order valence-corrected chi connectivity index (χ0v) is 13.4. The Morgan fingerprint density at radius 1 is 0.679 bits per heavy atom. The van der Waals surface area contributed by atoms with Gasteiger partial charge >= 0.3 is 47.2 Å². The molecule has 0 aromatic heterocycles. The van der Waals surface area contributed by atoms with Crippen LogP contribution in [0, 0.1) is 0 Å². The lowest BCUT2D eigenvalue weighted by atomic mass is 9.72. The summed E-state index contributed by atoms with van der Waals surface area (Å²) in [6.45, 7) is 1.47. The van der Waals surface area contributed by atoms with Crippen molar-refractivity contribution in [3.63, 3.8) is 0 Å². The van der Waals surface area contributed by atoms with Crippen molar-refractivity contribution in [1.29, 1.82) is 0 Å². The maximum atomic E-state index is 14.2. The molecule has 0 aliphatic heterocycles. The summed E-state index contributed by atoms with van der Waals surface area (Å²) in [5.74, 6) is -41.8. The molecule has 28 heavy (non-hydrogen) atoms. The van der Waals surface area contributed by atoms with Crippen LogP contribution in [-0.4, -0.2) is 60.4 Å². The van der Waals surface area contributed by atoms with Gasteiger partial charge in [-0.3, -0.25) is 0 Å². The summed E-state index contributed by atoms with van der Waals surface area (Å²) < 4.78 is 155. The Kier molecular flexibility index (Phi) is 5.54. The third-order valence-corrected chi connectivity index (χ3v) is 3.62. The molecular weight excluding hydrogens is 429 g/mol. The quantitative estimate of drug-likeness (QED) is 0.285. The Balaban J connectivity index is 3.28. The van der Waals surface area contributed by atoms with Gasteiger partial charge in [-0.15, -0.1) is 0 Å². The number of carbonyl (C=O) groups is 2. The number of carbonyl (C=O) groups excluding carboxylic acids is 2. The van der Waals surface area contributed by atoms with Crippen LogP contribution in [0.1, 0.15) is 6.92 Å². The zero-order chi connectivity index (χ0) is 22.6. The molecule has 0 amide bonds. The summed E-state index contributed by atoms with van der Waals surface area (Å²) in [5, 5.41) is 0. The minimum atomic E-state index is -7.43. The zero-order valence-electron chi connectivity index (χ0n) is 13.4. The first-order valence-electron chi connectivity index (χ1n) is 6.83. The molecule has 0 spiro atoms. The number of hydrogen-bond donors (Lipinski definition) is 0. The summed E-state index contributed by atoms with van der Waals surface area (Å²) in [5.41, 5.74) is -7.15. The topological polar surface area (TPSA) is 52.6 Å². The van der Waals surface area contributed by atoms with Crippen molar-refractivity contribution in [2.45, 2.75) is 42.2 Å². The molecule has 1 saturated carbocycles. The van der Waals surface area contributed by atoms with Crippen LogP contribution in [0.25, 0.3) is 0 Å². The Labute approximate surface area is 148 Å². The van der Waals surface area contributed by atoms with Crippen molar-refractivity contribution in [3.8, 4) is 0 Å². The first kappa shape index (κ1) is 23.9. The van der Waals surface area contributed by atoms with Crippen LogP contribution in [0.3, 0.4) is 0 Å². The average molecular weight is 438 g/mol. The highest BCUT2D eigenvalue weighted by Gasteiger charge is 3.03. The van der Waals surface area contributed by atoms with E-state index < -0.39 is 60.4 Å². The van der Waals surface area contributed by atoms with E-state index in [0.29, 0.717) is 0 Å². The SMILES string of the molecule is C=C(C)C(=O)OCCOC(=O)C1(F)C(F)(F)C(F)(F)C(F)(F)C(F)(F)C1(F)F. The lowest BCUT2D eigenvalue weighted by Crippen LogP contribution is -2.85. The van der Waals surface area contributed by atoms with Crippen molar-refractivity contribution >= 4 is 11.9 Å². The lowest BCUT2D eigenvalue weighted by molar-refractivity contribution is -0.478. The smallest absolute Gasteiger partial charge is 0.384 e. The maximum Gasteiger partial charge on any atom is 0.384 e. The van der Waals surface area contributed by atoms with E-state index in [9.17, 15) is 57.9 Å². The number of hydrogen-bond acceptors (Lipinski definition) is 4. The molecule has 0 heterocycles. The first-order chi connectivity index (χ1) is 12.2. The van der Waals surface area contributed by atoms with E-state index in [-0.39, 0.29) is 5.57 Å². The van der Waals surface area contributed by atoms with E-state index in [1.54, 1.807) is 0 Å². The van der Waals surface area contributed by atoms with Gasteiger partial charge in [0, 0.05) is 5.57 Å². The normalized spacial score (nSPS) is 25.4. The molecule has 0 saturated heterocycles. The Bertz CT molecular complexity index is 656. The van der Waals surface area contributed by atoms with Crippen LogP contribution < -0.4 is 0 Å². The third-order valence-electron chi connectivity index (χ3n) is 3.62. The van der Waals surface area contributed by atoms with Crippen molar-refractivity contribution in [2.75, 3.05) is 13.2 Å². The summed E-state index contributed by atoms with van der Waals surface area (Å²) in [6.07, 6.45) is 0. The standard InChI is InChI=1S/C13H9F11O4/c1-5(2)6(25)27-3-4-28-7(26)8(14)9(15,16)11(19,20)13(23,24)12(21,22)10(8,17)18/h1,3-4H2,2H3. The molecule has 0 aromatic carbocycles. The Morgan fingerprint density at radius 3 is 1.36 bits per heavy atom. The second-order valence-electron chi connectivity index (χ2n) is 5.58. The van der Waals surface area contributed by atoms with Gasteiger partial charge in [-0.05, 0) is 6.92 Å². The minimum absolute atomic E-state index is 0.264. The summed E-state index contributed by atoms with van der Waals surface area (Å²) in [6, 6.07) is 0. The second kappa shape index (κ2) is 6.47. The van der Waals surface area contributed by atoms with Gasteiger partial charge in [-0.25, -0.2) is 14.0 Å². The van der Waals surface area contributed by atoms with E-state index in [4.69, 9.17) is 0 Å². The third kappa shape index (κ3) is 2.64. The highest BCUT2D eigenvalue weighted by molar-refractivity contribution is 5.87. The molecule has 1 aliphatic rings. The van der Waals surface area contributed by atoms with Gasteiger partial charge in [0.05, 0.1) is 0 Å². The van der Waals surface area contributed by atoms with Crippen molar-refractivity contribution in [3.05, 3.63) is 12.2 Å². The number of halogens is 11. The molecule has 0 radical (unpaired) electrons. The summed E-state index contributed by atoms with van der Waals surface area (Å²) >= 11 is 0. The molecule has 0 aromatic rings. The maximum absolute atomic E-state index is 14.2.